The van der Waals surface area contributed by atoms with Gasteiger partial charge in [-0.3, -0.25) is 24.3 Å². The molecule has 1 fully saturated rings. The van der Waals surface area contributed by atoms with Gasteiger partial charge in [0.15, 0.2) is 11.8 Å². The van der Waals surface area contributed by atoms with Crippen LogP contribution in [0.4, 0.5) is 5.69 Å². The first-order chi connectivity index (χ1) is 13.8. The summed E-state index contributed by atoms with van der Waals surface area (Å²) < 4.78 is 5.33. The van der Waals surface area contributed by atoms with Crippen molar-refractivity contribution >= 4 is 52.6 Å². The second-order valence-corrected chi connectivity index (χ2v) is 7.80. The van der Waals surface area contributed by atoms with Gasteiger partial charge in [-0.1, -0.05) is 30.5 Å². The lowest BCUT2D eigenvalue weighted by Crippen LogP contribution is -2.56. The summed E-state index contributed by atoms with van der Waals surface area (Å²) >= 11 is 6.63. The summed E-state index contributed by atoms with van der Waals surface area (Å²) in [6.45, 7) is 9.30. The topological polar surface area (TPSA) is 70.2 Å². The Balaban J connectivity index is 2.09. The van der Waals surface area contributed by atoms with Gasteiger partial charge in [0, 0.05) is 23.6 Å². The molecule has 0 unspecified atom stereocenters. The van der Waals surface area contributed by atoms with E-state index < -0.39 is 17.8 Å². The van der Waals surface area contributed by atoms with Crippen molar-refractivity contribution in [2.24, 2.45) is 0 Å². The summed E-state index contributed by atoms with van der Waals surface area (Å²) in [4.78, 5) is 43.5. The number of amides is 2. The molecule has 1 aromatic carbocycles. The first kappa shape index (κ1) is 21.1. The third kappa shape index (κ3) is 3.67. The maximum atomic E-state index is 13.1. The molecule has 152 valence electrons. The van der Waals surface area contributed by atoms with Crippen molar-refractivity contribution in [3.05, 3.63) is 47.0 Å². The first-order valence-electron chi connectivity index (χ1n) is 9.10. The number of benzene rings is 1. The van der Waals surface area contributed by atoms with Gasteiger partial charge in [-0.15, -0.1) is 0 Å². The summed E-state index contributed by atoms with van der Waals surface area (Å²) in [6, 6.07) is 7.45. The predicted octanol–water partition coefficient (Wildman–Crippen LogP) is 2.88. The van der Waals surface area contributed by atoms with Gasteiger partial charge in [0.05, 0.1) is 5.69 Å². The summed E-state index contributed by atoms with van der Waals surface area (Å²) in [6.07, 6.45) is 0. The number of rotatable bonds is 5. The largest absolute Gasteiger partial charge is 0.441 e. The van der Waals surface area contributed by atoms with Crippen molar-refractivity contribution in [3.8, 4) is 0 Å². The van der Waals surface area contributed by atoms with Crippen molar-refractivity contribution in [1.82, 2.24) is 9.80 Å². The Bertz CT molecular complexity index is 929. The number of hydrogen-bond acceptors (Lipinski definition) is 7. The predicted molar refractivity (Wildman–Crippen MR) is 115 cm³/mol. The zero-order chi connectivity index (χ0) is 21.3. The highest BCUT2D eigenvalue weighted by atomic mass is 32.2. The Hall–Kier alpha value is -2.65. The maximum Gasteiger partial charge on any atom is 0.334 e. The molecule has 2 amide bonds. The van der Waals surface area contributed by atoms with Crippen LogP contribution in [0.5, 0.6) is 0 Å². The summed E-state index contributed by atoms with van der Waals surface area (Å²) in [7, 11) is 0. The molecule has 2 aliphatic rings. The molecular formula is C20H21N3O4S2. The lowest BCUT2D eigenvalue weighted by Gasteiger charge is -2.36. The van der Waals surface area contributed by atoms with E-state index >= 15 is 0 Å². The molecule has 0 atom stereocenters. The molecular weight excluding hydrogens is 410 g/mol. The van der Waals surface area contributed by atoms with Crippen molar-refractivity contribution in [2.45, 2.75) is 25.7 Å². The molecule has 2 heterocycles. The van der Waals surface area contributed by atoms with Crippen LogP contribution in [0.3, 0.4) is 0 Å². The van der Waals surface area contributed by atoms with Gasteiger partial charge in [-0.2, -0.15) is 0 Å². The van der Waals surface area contributed by atoms with Crippen LogP contribution in [-0.4, -0.2) is 52.5 Å². The molecule has 0 saturated carbocycles. The van der Waals surface area contributed by atoms with E-state index in [4.69, 9.17) is 17.0 Å². The molecule has 0 radical (unpaired) electrons. The van der Waals surface area contributed by atoms with Gasteiger partial charge < -0.3 is 4.74 Å². The highest BCUT2D eigenvalue weighted by Crippen LogP contribution is 2.47. The molecule has 3 rings (SSSR count). The van der Waals surface area contributed by atoms with E-state index in [1.165, 1.54) is 21.6 Å². The Kier molecular flexibility index (Phi) is 6.09. The number of carbonyl (C=O) groups excluding carboxylic acids is 3. The molecule has 0 N–H and O–H groups in total. The highest BCUT2D eigenvalue weighted by molar-refractivity contribution is 8.03. The number of likely N-dealkylation sites (N-methyl/N-ethyl adjacent to an activating group) is 2. The van der Waals surface area contributed by atoms with Gasteiger partial charge in [0.2, 0.25) is 0 Å². The zero-order valence-electron chi connectivity index (χ0n) is 16.4. The SMILES string of the molecule is C=C(C)C(=O)OCN1C(=C2C(=O)N(CC)C(=S)N(CC)C2=O)Sc2ccccc21. The first-order valence-corrected chi connectivity index (χ1v) is 10.3. The molecule has 9 heteroatoms. The minimum Gasteiger partial charge on any atom is -0.441 e. The van der Waals surface area contributed by atoms with E-state index in [2.05, 4.69) is 6.58 Å². The Labute approximate surface area is 179 Å². The number of carbonyl (C=O) groups is 3. The number of thioether (sulfide) groups is 1. The Morgan fingerprint density at radius 2 is 1.69 bits per heavy atom. The van der Waals surface area contributed by atoms with Crippen molar-refractivity contribution in [2.75, 3.05) is 24.7 Å². The minimum atomic E-state index is -0.545. The van der Waals surface area contributed by atoms with Gasteiger partial charge in [-0.25, -0.2) is 4.79 Å². The van der Waals surface area contributed by atoms with Gasteiger partial charge in [0.25, 0.3) is 11.8 Å². The van der Waals surface area contributed by atoms with Crippen LogP contribution < -0.4 is 4.90 Å². The Morgan fingerprint density at radius 1 is 1.10 bits per heavy atom. The van der Waals surface area contributed by atoms with Crippen LogP contribution in [0.25, 0.3) is 0 Å². The van der Waals surface area contributed by atoms with Crippen molar-refractivity contribution < 1.29 is 19.1 Å². The fraction of sp³-hybridized carbons (Fsp3) is 0.300. The van der Waals surface area contributed by atoms with Crippen molar-refractivity contribution in [3.63, 3.8) is 0 Å². The molecule has 29 heavy (non-hydrogen) atoms. The quantitative estimate of drug-likeness (QED) is 0.307. The smallest absolute Gasteiger partial charge is 0.334 e. The van der Waals surface area contributed by atoms with E-state index in [-0.39, 0.29) is 23.0 Å². The minimum absolute atomic E-state index is 0.0230. The molecule has 0 bridgehead atoms. The molecule has 1 saturated heterocycles. The normalized spacial score (nSPS) is 16.5. The lowest BCUT2D eigenvalue weighted by atomic mass is 10.1. The maximum absolute atomic E-state index is 13.1. The number of nitrogens with zero attached hydrogens (tertiary/aromatic N) is 3. The molecule has 1 aromatic rings. The van der Waals surface area contributed by atoms with E-state index in [9.17, 15) is 14.4 Å². The monoisotopic (exact) mass is 431 g/mol. The molecule has 2 aliphatic heterocycles. The molecule has 0 aliphatic carbocycles. The van der Waals surface area contributed by atoms with E-state index in [0.717, 1.165) is 10.6 Å². The van der Waals surface area contributed by atoms with Crippen LogP contribution in [0.1, 0.15) is 20.8 Å². The number of hydrogen-bond donors (Lipinski definition) is 0. The fourth-order valence-corrected chi connectivity index (χ4v) is 4.62. The number of para-hydroxylation sites is 1. The fourth-order valence-electron chi connectivity index (χ4n) is 3.02. The number of ether oxygens (including phenoxy) is 1. The zero-order valence-corrected chi connectivity index (χ0v) is 18.1. The summed E-state index contributed by atoms with van der Waals surface area (Å²) in [5, 5.41) is 0.630. The molecule has 0 spiro atoms. The average molecular weight is 432 g/mol. The summed E-state index contributed by atoms with van der Waals surface area (Å²) in [5.41, 5.74) is 1.05. The second-order valence-electron chi connectivity index (χ2n) is 6.40. The van der Waals surface area contributed by atoms with Crippen LogP contribution >= 0.6 is 24.0 Å². The highest BCUT2D eigenvalue weighted by Gasteiger charge is 2.43. The van der Waals surface area contributed by atoms with Crippen molar-refractivity contribution in [1.29, 1.82) is 0 Å². The van der Waals surface area contributed by atoms with Crippen LogP contribution in [0.15, 0.2) is 51.9 Å². The van der Waals surface area contributed by atoms with Crippen LogP contribution in [-0.2, 0) is 19.1 Å². The number of anilines is 1. The Morgan fingerprint density at radius 3 is 2.24 bits per heavy atom. The molecule has 7 nitrogen and oxygen atoms in total. The number of esters is 1. The average Bonchev–Trinajstić information content (AvgIpc) is 3.04. The third-order valence-corrected chi connectivity index (χ3v) is 6.13. The lowest BCUT2D eigenvalue weighted by molar-refractivity contribution is -0.138. The number of fused-ring (bicyclic) bond motifs is 1. The van der Waals surface area contributed by atoms with Gasteiger partial charge in [-0.05, 0) is 45.1 Å². The number of thiocarbonyl (C=S) groups is 1. The van der Waals surface area contributed by atoms with E-state index in [1.807, 2.05) is 24.3 Å². The van der Waals surface area contributed by atoms with E-state index in [0.29, 0.717) is 18.1 Å². The van der Waals surface area contributed by atoms with Crippen LogP contribution in [0, 0.1) is 0 Å². The standard InChI is InChI=1S/C20H21N3O4S2/c1-5-21-16(24)15(17(25)22(6-2)20(21)28)18-23(11-27-19(26)12(3)4)13-9-7-8-10-14(13)29-18/h7-10H,3,5-6,11H2,1-2,4H3. The van der Waals surface area contributed by atoms with Gasteiger partial charge >= 0.3 is 5.97 Å². The second kappa shape index (κ2) is 8.38. The van der Waals surface area contributed by atoms with E-state index in [1.54, 1.807) is 25.7 Å². The van der Waals surface area contributed by atoms with Gasteiger partial charge in [0.1, 0.15) is 10.6 Å². The van der Waals surface area contributed by atoms with Crippen LogP contribution in [0.2, 0.25) is 0 Å². The molecule has 0 aromatic heterocycles. The third-order valence-electron chi connectivity index (χ3n) is 4.51. The summed E-state index contributed by atoms with van der Waals surface area (Å²) in [5.74, 6) is -1.44.